The van der Waals surface area contributed by atoms with Gasteiger partial charge in [0.15, 0.2) is 11.4 Å². The molecular weight excluding hydrogens is 442 g/mol. The summed E-state index contributed by atoms with van der Waals surface area (Å²) in [5.41, 5.74) is 12.4. The van der Waals surface area contributed by atoms with Crippen LogP contribution in [0.1, 0.15) is 42.6 Å². The molecule has 4 N–H and O–H groups in total. The number of rotatable bonds is 10. The van der Waals surface area contributed by atoms with Crippen LogP contribution in [0.5, 0.6) is 5.75 Å². The number of benzene rings is 2. The predicted molar refractivity (Wildman–Crippen MR) is 133 cm³/mol. The SMILES string of the molecule is CC1(C)N=C(N)N=C(N)N1OCCCCOc1cccc(/C=C/C(=O)c2ccccc2)c1.Cl. The number of ether oxygens (including phenoxy) is 1. The molecular formula is C24H30ClN5O3. The van der Waals surface area contributed by atoms with Crippen LogP contribution in [0.4, 0.5) is 0 Å². The maximum absolute atomic E-state index is 12.2. The second-order valence-corrected chi connectivity index (χ2v) is 7.75. The average Bonchev–Trinajstić information content (AvgIpc) is 2.76. The fourth-order valence-electron chi connectivity index (χ4n) is 3.15. The van der Waals surface area contributed by atoms with E-state index in [-0.39, 0.29) is 30.1 Å². The molecule has 0 aliphatic carbocycles. The summed E-state index contributed by atoms with van der Waals surface area (Å²) in [5.74, 6) is 1.04. The summed E-state index contributed by atoms with van der Waals surface area (Å²) < 4.78 is 5.83. The first kappa shape index (κ1) is 25.9. The van der Waals surface area contributed by atoms with Gasteiger partial charge < -0.3 is 16.2 Å². The van der Waals surface area contributed by atoms with Crippen LogP contribution in [-0.4, -0.2) is 41.6 Å². The lowest BCUT2D eigenvalue weighted by Gasteiger charge is -2.36. The second kappa shape index (κ2) is 12.0. The molecule has 33 heavy (non-hydrogen) atoms. The van der Waals surface area contributed by atoms with Gasteiger partial charge >= 0.3 is 0 Å². The van der Waals surface area contributed by atoms with E-state index >= 15 is 0 Å². The van der Waals surface area contributed by atoms with E-state index in [1.54, 1.807) is 24.3 Å². The number of nitrogens with two attached hydrogens (primary N) is 2. The fourth-order valence-corrected chi connectivity index (χ4v) is 3.15. The van der Waals surface area contributed by atoms with Gasteiger partial charge in [-0.2, -0.15) is 10.1 Å². The van der Waals surface area contributed by atoms with Crippen molar-refractivity contribution in [1.82, 2.24) is 5.06 Å². The molecule has 0 fully saturated rings. The van der Waals surface area contributed by atoms with Gasteiger partial charge in [-0.25, -0.2) is 4.99 Å². The van der Waals surface area contributed by atoms with Crippen molar-refractivity contribution < 1.29 is 14.4 Å². The van der Waals surface area contributed by atoms with Crippen molar-refractivity contribution in [3.8, 4) is 5.75 Å². The van der Waals surface area contributed by atoms with Crippen molar-refractivity contribution in [3.63, 3.8) is 0 Å². The Bertz CT molecular complexity index is 1020. The predicted octanol–water partition coefficient (Wildman–Crippen LogP) is 3.78. The number of hydrogen-bond donors (Lipinski definition) is 2. The number of halogens is 1. The van der Waals surface area contributed by atoms with E-state index in [0.717, 1.165) is 24.2 Å². The van der Waals surface area contributed by atoms with Crippen molar-refractivity contribution in [2.45, 2.75) is 32.4 Å². The Morgan fingerprint density at radius 3 is 2.52 bits per heavy atom. The van der Waals surface area contributed by atoms with Crippen molar-refractivity contribution in [2.24, 2.45) is 21.5 Å². The Kier molecular flexibility index (Phi) is 9.44. The molecule has 1 aliphatic rings. The van der Waals surface area contributed by atoms with Crippen molar-refractivity contribution >= 4 is 36.2 Å². The molecule has 0 spiro atoms. The lowest BCUT2D eigenvalue weighted by atomic mass is 10.1. The summed E-state index contributed by atoms with van der Waals surface area (Å²) in [4.78, 5) is 26.1. The van der Waals surface area contributed by atoms with Gasteiger partial charge in [0.2, 0.25) is 11.9 Å². The van der Waals surface area contributed by atoms with Gasteiger partial charge in [-0.15, -0.1) is 12.4 Å². The number of guanidine groups is 2. The smallest absolute Gasteiger partial charge is 0.226 e. The highest BCUT2D eigenvalue weighted by Gasteiger charge is 2.32. The number of allylic oxidation sites excluding steroid dienone is 1. The van der Waals surface area contributed by atoms with Crippen LogP contribution in [0.15, 0.2) is 70.7 Å². The summed E-state index contributed by atoms with van der Waals surface area (Å²) in [6, 6.07) is 16.8. The Morgan fingerprint density at radius 2 is 1.79 bits per heavy atom. The number of hydrogen-bond acceptors (Lipinski definition) is 8. The normalized spacial score (nSPS) is 14.9. The van der Waals surface area contributed by atoms with Crippen LogP contribution in [0.25, 0.3) is 6.08 Å². The van der Waals surface area contributed by atoms with Gasteiger partial charge in [0, 0.05) is 5.56 Å². The van der Waals surface area contributed by atoms with E-state index < -0.39 is 5.66 Å². The first-order chi connectivity index (χ1) is 15.3. The van der Waals surface area contributed by atoms with E-state index in [9.17, 15) is 4.79 Å². The molecule has 0 saturated carbocycles. The molecule has 1 aliphatic heterocycles. The van der Waals surface area contributed by atoms with Crippen LogP contribution < -0.4 is 16.2 Å². The zero-order valence-electron chi connectivity index (χ0n) is 18.8. The molecule has 0 saturated heterocycles. The van der Waals surface area contributed by atoms with E-state index in [1.165, 1.54) is 5.06 Å². The quantitative estimate of drug-likeness (QED) is 0.309. The van der Waals surface area contributed by atoms with Gasteiger partial charge in [0.25, 0.3) is 0 Å². The Balaban J connectivity index is 0.00000385. The molecule has 0 aromatic heterocycles. The summed E-state index contributed by atoms with van der Waals surface area (Å²) in [5, 5.41) is 1.47. The van der Waals surface area contributed by atoms with E-state index in [1.807, 2.05) is 56.3 Å². The summed E-state index contributed by atoms with van der Waals surface area (Å²) in [7, 11) is 0. The summed E-state index contributed by atoms with van der Waals surface area (Å²) in [6.07, 6.45) is 4.92. The maximum Gasteiger partial charge on any atom is 0.226 e. The second-order valence-electron chi connectivity index (χ2n) is 7.75. The number of hydroxylamine groups is 2. The first-order valence-electron chi connectivity index (χ1n) is 10.5. The van der Waals surface area contributed by atoms with Gasteiger partial charge in [-0.05, 0) is 50.5 Å². The van der Waals surface area contributed by atoms with E-state index in [2.05, 4.69) is 9.98 Å². The Labute approximate surface area is 200 Å². The van der Waals surface area contributed by atoms with Crippen LogP contribution >= 0.6 is 12.4 Å². The highest BCUT2D eigenvalue weighted by atomic mass is 35.5. The molecule has 0 atom stereocenters. The molecule has 0 amide bonds. The van der Waals surface area contributed by atoms with Gasteiger partial charge in [0.05, 0.1) is 13.2 Å². The van der Waals surface area contributed by atoms with Crippen LogP contribution in [0, 0.1) is 0 Å². The number of ketones is 1. The minimum absolute atomic E-state index is 0. The van der Waals surface area contributed by atoms with Crippen LogP contribution in [0.2, 0.25) is 0 Å². The van der Waals surface area contributed by atoms with Crippen molar-refractivity contribution in [3.05, 3.63) is 71.8 Å². The third-order valence-corrected chi connectivity index (χ3v) is 4.69. The molecule has 1 heterocycles. The first-order valence-corrected chi connectivity index (χ1v) is 10.5. The summed E-state index contributed by atoms with van der Waals surface area (Å²) in [6.45, 7) is 4.68. The van der Waals surface area contributed by atoms with Gasteiger partial charge in [-0.3, -0.25) is 9.63 Å². The monoisotopic (exact) mass is 471 g/mol. The molecule has 2 aromatic rings. The molecule has 3 rings (SSSR count). The van der Waals surface area contributed by atoms with Crippen LogP contribution in [-0.2, 0) is 4.84 Å². The van der Waals surface area contributed by atoms with Gasteiger partial charge in [0.1, 0.15) is 5.75 Å². The lowest BCUT2D eigenvalue weighted by molar-refractivity contribution is -0.157. The highest BCUT2D eigenvalue weighted by Crippen LogP contribution is 2.20. The molecule has 8 nitrogen and oxygen atoms in total. The van der Waals surface area contributed by atoms with Gasteiger partial charge in [-0.1, -0.05) is 48.5 Å². The average molecular weight is 472 g/mol. The zero-order valence-corrected chi connectivity index (χ0v) is 19.6. The molecule has 9 heteroatoms. The lowest BCUT2D eigenvalue weighted by Crippen LogP contribution is -2.53. The summed E-state index contributed by atoms with van der Waals surface area (Å²) >= 11 is 0. The largest absolute Gasteiger partial charge is 0.494 e. The zero-order chi connectivity index (χ0) is 23.0. The molecule has 2 aromatic carbocycles. The third kappa shape index (κ3) is 7.62. The van der Waals surface area contributed by atoms with Crippen molar-refractivity contribution in [1.29, 1.82) is 0 Å². The highest BCUT2D eigenvalue weighted by molar-refractivity contribution is 6.06. The number of aliphatic imine (C=N–C) groups is 2. The molecule has 176 valence electrons. The number of nitrogens with zero attached hydrogens (tertiary/aromatic N) is 3. The maximum atomic E-state index is 12.2. The fraction of sp³-hybridized carbons (Fsp3) is 0.292. The number of carbonyl (C=O) groups is 1. The third-order valence-electron chi connectivity index (χ3n) is 4.69. The van der Waals surface area contributed by atoms with Crippen molar-refractivity contribution in [2.75, 3.05) is 13.2 Å². The van der Waals surface area contributed by atoms with E-state index in [4.69, 9.17) is 21.0 Å². The number of carbonyl (C=O) groups excluding carboxylic acids is 1. The molecule has 0 radical (unpaired) electrons. The molecule has 0 bridgehead atoms. The Hall–Kier alpha value is -3.36. The van der Waals surface area contributed by atoms with Crippen LogP contribution in [0.3, 0.4) is 0 Å². The minimum atomic E-state index is -0.706. The minimum Gasteiger partial charge on any atom is -0.494 e. The topological polar surface area (TPSA) is 116 Å². The number of unbranched alkanes of at least 4 members (excludes halogenated alkanes) is 1. The van der Waals surface area contributed by atoms with E-state index in [0.29, 0.717) is 18.8 Å². The Morgan fingerprint density at radius 1 is 1.06 bits per heavy atom. The molecule has 0 unspecified atom stereocenters. The standard InChI is InChI=1S/C24H29N5O3.ClH/c1-24(2)28-22(25)27-23(26)29(24)32-16-7-6-15-31-20-12-8-9-18(17-20)13-14-21(30)19-10-4-3-5-11-19;/h3-5,8-14,17H,6-7,15-16H2,1-2H3,(H4,25,26,27,28);1H/b14-13+;.